The van der Waals surface area contributed by atoms with Crippen molar-refractivity contribution in [2.24, 2.45) is 11.7 Å². The van der Waals surface area contributed by atoms with Crippen molar-refractivity contribution in [2.45, 2.75) is 44.8 Å². The van der Waals surface area contributed by atoms with Gasteiger partial charge in [0.05, 0.1) is 6.33 Å². The molecule has 0 amide bonds. The zero-order chi connectivity index (χ0) is 14.0. The van der Waals surface area contributed by atoms with Crippen molar-refractivity contribution in [1.29, 1.82) is 0 Å². The first kappa shape index (κ1) is 18.4. The van der Waals surface area contributed by atoms with Crippen molar-refractivity contribution < 1.29 is 8.42 Å². The molecular formula is C11H23ClN4O2S. The van der Waals surface area contributed by atoms with Gasteiger partial charge in [-0.2, -0.15) is 0 Å². The molecule has 8 heteroatoms. The van der Waals surface area contributed by atoms with Gasteiger partial charge in [-0.3, -0.25) is 0 Å². The van der Waals surface area contributed by atoms with E-state index >= 15 is 0 Å². The summed E-state index contributed by atoms with van der Waals surface area (Å²) >= 11 is 0. The highest BCUT2D eigenvalue weighted by molar-refractivity contribution is 7.89. The molecule has 19 heavy (non-hydrogen) atoms. The molecule has 0 bridgehead atoms. The molecule has 0 unspecified atom stereocenters. The Morgan fingerprint density at radius 1 is 1.47 bits per heavy atom. The van der Waals surface area contributed by atoms with E-state index in [9.17, 15) is 8.42 Å². The Balaban J connectivity index is 0.00000324. The van der Waals surface area contributed by atoms with E-state index in [2.05, 4.69) is 23.6 Å². The van der Waals surface area contributed by atoms with Crippen molar-refractivity contribution in [2.75, 3.05) is 6.54 Å². The Hall–Kier alpha value is -0.630. The fourth-order valence-corrected chi connectivity index (χ4v) is 2.83. The summed E-state index contributed by atoms with van der Waals surface area (Å²) in [7, 11) is -3.61. The van der Waals surface area contributed by atoms with Crippen LogP contribution in [0.25, 0.3) is 0 Å². The van der Waals surface area contributed by atoms with E-state index in [0.29, 0.717) is 5.92 Å². The van der Waals surface area contributed by atoms with Gasteiger partial charge in [0.2, 0.25) is 0 Å². The summed E-state index contributed by atoms with van der Waals surface area (Å²) in [4.78, 5) is 3.93. The summed E-state index contributed by atoms with van der Waals surface area (Å²) in [6.07, 6.45) is 3.07. The lowest BCUT2D eigenvalue weighted by Crippen LogP contribution is -2.48. The molecule has 0 aliphatic heterocycles. The van der Waals surface area contributed by atoms with E-state index in [1.54, 1.807) is 18.4 Å². The molecule has 0 saturated carbocycles. The molecule has 0 spiro atoms. The van der Waals surface area contributed by atoms with Gasteiger partial charge in [0.25, 0.3) is 10.0 Å². The molecule has 1 heterocycles. The van der Waals surface area contributed by atoms with Crippen LogP contribution in [0.2, 0.25) is 0 Å². The summed E-state index contributed by atoms with van der Waals surface area (Å²) in [5.74, 6) is 0.434. The van der Waals surface area contributed by atoms with Gasteiger partial charge in [0.15, 0.2) is 5.03 Å². The number of hydrogen-bond acceptors (Lipinski definition) is 4. The summed E-state index contributed by atoms with van der Waals surface area (Å²) in [6.45, 7) is 8.54. The van der Waals surface area contributed by atoms with Crippen LogP contribution in [0.5, 0.6) is 0 Å². The molecule has 0 aromatic carbocycles. The molecule has 0 fully saturated rings. The average Bonchev–Trinajstić information content (AvgIpc) is 2.64. The van der Waals surface area contributed by atoms with Gasteiger partial charge in [-0.15, -0.1) is 12.4 Å². The zero-order valence-electron chi connectivity index (χ0n) is 11.8. The molecule has 1 aromatic rings. The predicted molar refractivity (Wildman–Crippen MR) is 77.8 cm³/mol. The quantitative estimate of drug-likeness (QED) is 0.819. The summed E-state index contributed by atoms with van der Waals surface area (Å²) in [5, 5.41) is 0.0321. The molecule has 0 saturated heterocycles. The molecule has 3 N–H and O–H groups in total. The van der Waals surface area contributed by atoms with E-state index < -0.39 is 15.6 Å². The van der Waals surface area contributed by atoms with Crippen LogP contribution in [0.1, 0.15) is 27.7 Å². The number of nitrogens with zero attached hydrogens (tertiary/aromatic N) is 2. The number of nitrogens with one attached hydrogen (secondary N) is 1. The number of aromatic nitrogens is 2. The minimum Gasteiger partial charge on any atom is -0.336 e. The van der Waals surface area contributed by atoms with Crippen molar-refractivity contribution in [3.05, 3.63) is 12.5 Å². The van der Waals surface area contributed by atoms with E-state index in [1.807, 2.05) is 0 Å². The lowest BCUT2D eigenvalue weighted by Gasteiger charge is -2.22. The molecule has 0 aliphatic rings. The van der Waals surface area contributed by atoms with Crippen molar-refractivity contribution in [3.8, 4) is 0 Å². The molecule has 0 aliphatic carbocycles. The first-order valence-corrected chi connectivity index (χ1v) is 7.40. The SMILES string of the molecule is CC(C)Cn1cnc(S(=O)(=O)NC(C)(C)CN)c1.Cl. The second-order valence-corrected chi connectivity index (χ2v) is 7.13. The number of halogens is 1. The fourth-order valence-electron chi connectivity index (χ4n) is 1.46. The van der Waals surface area contributed by atoms with Crippen LogP contribution >= 0.6 is 12.4 Å². The maximum atomic E-state index is 12.1. The number of nitrogens with two attached hydrogens (primary N) is 1. The highest BCUT2D eigenvalue weighted by Gasteiger charge is 2.26. The minimum absolute atomic E-state index is 0. The predicted octanol–water partition coefficient (Wildman–Crippen LogP) is 0.976. The van der Waals surface area contributed by atoms with Gasteiger partial charge >= 0.3 is 0 Å². The largest absolute Gasteiger partial charge is 0.336 e. The fraction of sp³-hybridized carbons (Fsp3) is 0.727. The molecule has 0 radical (unpaired) electrons. The highest BCUT2D eigenvalue weighted by atomic mass is 35.5. The zero-order valence-corrected chi connectivity index (χ0v) is 13.4. The summed E-state index contributed by atoms with van der Waals surface area (Å²) in [5.41, 5.74) is 4.83. The first-order valence-electron chi connectivity index (χ1n) is 5.92. The lowest BCUT2D eigenvalue weighted by atomic mass is 10.1. The van der Waals surface area contributed by atoms with E-state index in [4.69, 9.17) is 5.73 Å². The summed E-state index contributed by atoms with van der Waals surface area (Å²) < 4.78 is 28.4. The van der Waals surface area contributed by atoms with Crippen molar-refractivity contribution in [3.63, 3.8) is 0 Å². The van der Waals surface area contributed by atoms with Crippen LogP contribution in [0.15, 0.2) is 17.6 Å². The van der Waals surface area contributed by atoms with Gasteiger partial charge in [0, 0.05) is 24.8 Å². The van der Waals surface area contributed by atoms with Gasteiger partial charge in [0.1, 0.15) is 0 Å². The molecule has 112 valence electrons. The Morgan fingerprint density at radius 3 is 2.53 bits per heavy atom. The van der Waals surface area contributed by atoms with Crippen LogP contribution in [0.3, 0.4) is 0 Å². The topological polar surface area (TPSA) is 90.0 Å². The van der Waals surface area contributed by atoms with Gasteiger partial charge in [-0.1, -0.05) is 13.8 Å². The van der Waals surface area contributed by atoms with Crippen molar-refractivity contribution >= 4 is 22.4 Å². The van der Waals surface area contributed by atoms with Crippen LogP contribution in [0.4, 0.5) is 0 Å². The Labute approximate surface area is 121 Å². The monoisotopic (exact) mass is 310 g/mol. The minimum atomic E-state index is -3.61. The summed E-state index contributed by atoms with van der Waals surface area (Å²) in [6, 6.07) is 0. The molecule has 6 nitrogen and oxygen atoms in total. The van der Waals surface area contributed by atoms with Crippen LogP contribution in [-0.2, 0) is 16.6 Å². The second kappa shape index (κ2) is 6.69. The number of rotatable bonds is 6. The Bertz CT molecular complexity index is 497. The number of sulfonamides is 1. The van der Waals surface area contributed by atoms with Crippen molar-refractivity contribution in [1.82, 2.24) is 14.3 Å². The molecule has 1 rings (SSSR count). The van der Waals surface area contributed by atoms with E-state index in [-0.39, 0.29) is 24.0 Å². The third-order valence-electron chi connectivity index (χ3n) is 2.38. The normalized spacial score (nSPS) is 12.5. The van der Waals surface area contributed by atoms with E-state index in [1.165, 1.54) is 12.5 Å². The van der Waals surface area contributed by atoms with E-state index in [0.717, 1.165) is 6.54 Å². The highest BCUT2D eigenvalue weighted by Crippen LogP contribution is 2.11. The first-order chi connectivity index (χ1) is 8.16. The maximum Gasteiger partial charge on any atom is 0.260 e. The third-order valence-corrected chi connectivity index (χ3v) is 3.96. The Morgan fingerprint density at radius 2 is 2.05 bits per heavy atom. The number of imidazole rings is 1. The molecule has 0 atom stereocenters. The maximum absolute atomic E-state index is 12.1. The van der Waals surface area contributed by atoms with Crippen LogP contribution in [-0.4, -0.2) is 30.1 Å². The average molecular weight is 311 g/mol. The molecule has 1 aromatic heterocycles. The molecular weight excluding hydrogens is 288 g/mol. The van der Waals surface area contributed by atoms with Crippen LogP contribution in [0, 0.1) is 5.92 Å². The third kappa shape index (κ3) is 5.48. The van der Waals surface area contributed by atoms with Crippen LogP contribution < -0.4 is 10.5 Å². The number of hydrogen-bond donors (Lipinski definition) is 2. The smallest absolute Gasteiger partial charge is 0.260 e. The second-order valence-electron chi connectivity index (χ2n) is 5.50. The van der Waals surface area contributed by atoms with Gasteiger partial charge in [-0.05, 0) is 19.8 Å². The van der Waals surface area contributed by atoms with Gasteiger partial charge in [-0.25, -0.2) is 18.1 Å². The standard InChI is InChI=1S/C11H22N4O2S.ClH/c1-9(2)5-15-6-10(13-8-15)18(16,17)14-11(3,4)7-12;/h6,8-9,14H,5,7,12H2,1-4H3;1H. The lowest BCUT2D eigenvalue weighted by molar-refractivity contribution is 0.461. The Kier molecular flexibility index (Phi) is 6.47. The van der Waals surface area contributed by atoms with Gasteiger partial charge < -0.3 is 10.3 Å².